The molecule has 12 heavy (non-hydrogen) atoms. The van der Waals surface area contributed by atoms with E-state index in [4.69, 9.17) is 15.7 Å². The van der Waals surface area contributed by atoms with Gasteiger partial charge in [0.05, 0.1) is 18.5 Å². The van der Waals surface area contributed by atoms with Gasteiger partial charge in [-0.05, 0) is 0 Å². The Morgan fingerprint density at radius 1 is 1.75 bits per heavy atom. The highest BCUT2D eigenvalue weighted by Gasteiger charge is 2.02. The van der Waals surface area contributed by atoms with E-state index in [2.05, 4.69) is 9.97 Å². The fraction of sp³-hybridized carbons (Fsp3) is 0.286. The second-order valence-corrected chi connectivity index (χ2v) is 2.14. The number of nitrogen functional groups attached to an aromatic ring is 1. The third-order valence-corrected chi connectivity index (χ3v) is 1.25. The van der Waals surface area contributed by atoms with Gasteiger partial charge in [-0.3, -0.25) is 0 Å². The van der Waals surface area contributed by atoms with Crippen molar-refractivity contribution in [1.82, 2.24) is 9.97 Å². The molecule has 1 aromatic heterocycles. The molecule has 0 radical (unpaired) electrons. The summed E-state index contributed by atoms with van der Waals surface area (Å²) in [6, 6.07) is 1.84. The molecule has 0 aromatic carbocycles. The minimum atomic E-state index is 0.143. The largest absolute Gasteiger partial charge is 0.381 e. The first-order valence-electron chi connectivity index (χ1n) is 3.28. The van der Waals surface area contributed by atoms with Crippen LogP contribution in [0.4, 0.5) is 5.82 Å². The van der Waals surface area contributed by atoms with Crippen LogP contribution < -0.4 is 5.73 Å². The van der Waals surface area contributed by atoms with E-state index in [-0.39, 0.29) is 11.5 Å². The zero-order chi connectivity index (χ0) is 8.97. The molecule has 0 bridgehead atoms. The average Bonchev–Trinajstić information content (AvgIpc) is 2.09. The van der Waals surface area contributed by atoms with Crippen LogP contribution in [0.5, 0.6) is 0 Å². The van der Waals surface area contributed by atoms with Gasteiger partial charge in [0.2, 0.25) is 0 Å². The minimum absolute atomic E-state index is 0.143. The maximum atomic E-state index is 8.54. The monoisotopic (exact) mass is 164 g/mol. The van der Waals surface area contributed by atoms with E-state index < -0.39 is 0 Å². The van der Waals surface area contributed by atoms with Crippen molar-refractivity contribution in [2.75, 3.05) is 12.8 Å². The number of nitriles is 1. The lowest BCUT2D eigenvalue weighted by Crippen LogP contribution is -2.01. The van der Waals surface area contributed by atoms with Crippen LogP contribution in [-0.2, 0) is 11.3 Å². The van der Waals surface area contributed by atoms with Crippen LogP contribution in [0, 0.1) is 11.3 Å². The summed E-state index contributed by atoms with van der Waals surface area (Å²) in [5, 5.41) is 8.54. The lowest BCUT2D eigenvalue weighted by Gasteiger charge is -1.99. The van der Waals surface area contributed by atoms with Crippen LogP contribution in [0.1, 0.15) is 11.4 Å². The van der Waals surface area contributed by atoms with Crippen molar-refractivity contribution in [1.29, 1.82) is 5.26 Å². The Morgan fingerprint density at radius 3 is 3.08 bits per heavy atom. The third-order valence-electron chi connectivity index (χ3n) is 1.25. The summed E-state index contributed by atoms with van der Waals surface area (Å²) >= 11 is 0. The highest BCUT2D eigenvalue weighted by molar-refractivity contribution is 5.42. The number of methoxy groups -OCH3 is 1. The Bertz CT molecular complexity index is 318. The van der Waals surface area contributed by atoms with Crippen LogP contribution in [-0.4, -0.2) is 17.1 Å². The van der Waals surface area contributed by atoms with E-state index in [0.717, 1.165) is 0 Å². The van der Waals surface area contributed by atoms with Gasteiger partial charge in [0.15, 0.2) is 11.5 Å². The molecule has 0 aliphatic heterocycles. The molecular weight excluding hydrogens is 156 g/mol. The Labute approximate surface area is 69.8 Å². The topological polar surface area (TPSA) is 84.8 Å². The Balaban J connectivity index is 2.99. The number of hydrogen-bond acceptors (Lipinski definition) is 5. The maximum absolute atomic E-state index is 8.54. The SMILES string of the molecule is COCc1cnc(N)c(C#N)n1. The number of nitrogens with two attached hydrogens (primary N) is 1. The normalized spacial score (nSPS) is 9.33. The fourth-order valence-electron chi connectivity index (χ4n) is 0.735. The van der Waals surface area contributed by atoms with Gasteiger partial charge < -0.3 is 10.5 Å². The summed E-state index contributed by atoms with van der Waals surface area (Å²) in [4.78, 5) is 7.69. The molecular formula is C7H8N4O. The molecule has 0 aliphatic rings. The maximum Gasteiger partial charge on any atom is 0.183 e. The van der Waals surface area contributed by atoms with Gasteiger partial charge in [0.25, 0.3) is 0 Å². The van der Waals surface area contributed by atoms with E-state index in [9.17, 15) is 0 Å². The van der Waals surface area contributed by atoms with Crippen LogP contribution >= 0.6 is 0 Å². The number of nitrogens with zero attached hydrogens (tertiary/aromatic N) is 3. The molecule has 0 saturated carbocycles. The standard InChI is InChI=1S/C7H8N4O/c1-12-4-5-3-10-7(9)6(2-8)11-5/h3H,4H2,1H3,(H2,9,10). The molecule has 0 amide bonds. The zero-order valence-corrected chi connectivity index (χ0v) is 6.61. The van der Waals surface area contributed by atoms with Gasteiger partial charge in [-0.15, -0.1) is 0 Å². The zero-order valence-electron chi connectivity index (χ0n) is 6.61. The Morgan fingerprint density at radius 2 is 2.50 bits per heavy atom. The van der Waals surface area contributed by atoms with Gasteiger partial charge in [-0.2, -0.15) is 5.26 Å². The first-order chi connectivity index (χ1) is 5.77. The van der Waals surface area contributed by atoms with Crippen molar-refractivity contribution in [3.63, 3.8) is 0 Å². The summed E-state index contributed by atoms with van der Waals surface area (Å²) in [7, 11) is 1.55. The summed E-state index contributed by atoms with van der Waals surface area (Å²) in [5.41, 5.74) is 6.10. The van der Waals surface area contributed by atoms with Gasteiger partial charge >= 0.3 is 0 Å². The molecule has 0 aliphatic carbocycles. The van der Waals surface area contributed by atoms with E-state index in [1.807, 2.05) is 6.07 Å². The van der Waals surface area contributed by atoms with Gasteiger partial charge in [-0.25, -0.2) is 9.97 Å². The second kappa shape index (κ2) is 3.64. The summed E-state index contributed by atoms with van der Waals surface area (Å²) in [6.07, 6.45) is 1.49. The molecule has 0 fully saturated rings. The summed E-state index contributed by atoms with van der Waals surface area (Å²) in [5.74, 6) is 0.150. The molecule has 0 saturated heterocycles. The lowest BCUT2D eigenvalue weighted by molar-refractivity contribution is 0.181. The highest BCUT2D eigenvalue weighted by Crippen LogP contribution is 2.04. The smallest absolute Gasteiger partial charge is 0.183 e. The molecule has 0 spiro atoms. The highest BCUT2D eigenvalue weighted by atomic mass is 16.5. The van der Waals surface area contributed by atoms with Crippen LogP contribution in [0.3, 0.4) is 0 Å². The van der Waals surface area contributed by atoms with Crippen molar-refractivity contribution in [2.45, 2.75) is 6.61 Å². The molecule has 62 valence electrons. The average molecular weight is 164 g/mol. The number of anilines is 1. The van der Waals surface area contributed by atoms with Gasteiger partial charge in [0, 0.05) is 7.11 Å². The van der Waals surface area contributed by atoms with Gasteiger partial charge in [0.1, 0.15) is 6.07 Å². The quantitative estimate of drug-likeness (QED) is 0.668. The van der Waals surface area contributed by atoms with Crippen molar-refractivity contribution >= 4 is 5.82 Å². The summed E-state index contributed by atoms with van der Waals surface area (Å²) in [6.45, 7) is 0.335. The first kappa shape index (κ1) is 8.43. The summed E-state index contributed by atoms with van der Waals surface area (Å²) < 4.78 is 4.81. The molecule has 5 heteroatoms. The van der Waals surface area contributed by atoms with Crippen molar-refractivity contribution < 1.29 is 4.74 Å². The molecule has 1 rings (SSSR count). The molecule has 2 N–H and O–H groups in total. The minimum Gasteiger partial charge on any atom is -0.381 e. The molecule has 1 aromatic rings. The van der Waals surface area contributed by atoms with Crippen molar-refractivity contribution in [3.05, 3.63) is 17.6 Å². The molecule has 5 nitrogen and oxygen atoms in total. The fourth-order valence-corrected chi connectivity index (χ4v) is 0.735. The van der Waals surface area contributed by atoms with E-state index >= 15 is 0 Å². The molecule has 0 atom stereocenters. The van der Waals surface area contributed by atoms with Crippen LogP contribution in [0.25, 0.3) is 0 Å². The molecule has 0 unspecified atom stereocenters. The predicted molar refractivity (Wildman–Crippen MR) is 41.9 cm³/mol. The van der Waals surface area contributed by atoms with E-state index in [1.165, 1.54) is 6.20 Å². The second-order valence-electron chi connectivity index (χ2n) is 2.14. The predicted octanol–water partition coefficient (Wildman–Crippen LogP) is 0.0769. The van der Waals surface area contributed by atoms with Gasteiger partial charge in [-0.1, -0.05) is 0 Å². The van der Waals surface area contributed by atoms with E-state index in [1.54, 1.807) is 7.11 Å². The number of hydrogen-bond donors (Lipinski definition) is 1. The lowest BCUT2D eigenvalue weighted by atomic mass is 10.4. The number of rotatable bonds is 2. The Hall–Kier alpha value is -1.67. The van der Waals surface area contributed by atoms with Crippen LogP contribution in [0.2, 0.25) is 0 Å². The number of aromatic nitrogens is 2. The van der Waals surface area contributed by atoms with Crippen molar-refractivity contribution in [2.24, 2.45) is 0 Å². The Kier molecular flexibility index (Phi) is 2.56. The van der Waals surface area contributed by atoms with Crippen LogP contribution in [0.15, 0.2) is 6.20 Å². The number of ether oxygens (including phenoxy) is 1. The first-order valence-corrected chi connectivity index (χ1v) is 3.28. The van der Waals surface area contributed by atoms with E-state index in [0.29, 0.717) is 12.3 Å². The third kappa shape index (κ3) is 1.68. The van der Waals surface area contributed by atoms with Crippen molar-refractivity contribution in [3.8, 4) is 6.07 Å². The molecule has 1 heterocycles.